The molecule has 1 aromatic carbocycles. The van der Waals surface area contributed by atoms with E-state index in [-0.39, 0.29) is 22.9 Å². The van der Waals surface area contributed by atoms with E-state index in [0.29, 0.717) is 9.21 Å². The lowest BCUT2D eigenvalue weighted by Gasteiger charge is -2.08. The SMILES string of the molecule is O=C(Nc1ncc(Br)nc1Br)c1c(O)cccc1O. The van der Waals surface area contributed by atoms with E-state index in [1.54, 1.807) is 0 Å². The molecule has 3 N–H and O–H groups in total. The predicted octanol–water partition coefficient (Wildman–Crippen LogP) is 2.67. The van der Waals surface area contributed by atoms with Gasteiger partial charge in [0.25, 0.3) is 5.91 Å². The van der Waals surface area contributed by atoms with E-state index in [1.807, 2.05) is 0 Å². The smallest absolute Gasteiger partial charge is 0.264 e. The van der Waals surface area contributed by atoms with Crippen LogP contribution < -0.4 is 5.32 Å². The van der Waals surface area contributed by atoms with Crippen molar-refractivity contribution in [2.75, 3.05) is 5.32 Å². The van der Waals surface area contributed by atoms with Crippen LogP contribution in [0.15, 0.2) is 33.6 Å². The number of benzene rings is 1. The lowest BCUT2D eigenvalue weighted by molar-refractivity contribution is 0.102. The van der Waals surface area contributed by atoms with Crippen LogP contribution in [0.5, 0.6) is 11.5 Å². The minimum absolute atomic E-state index is 0.177. The molecule has 0 saturated carbocycles. The van der Waals surface area contributed by atoms with Gasteiger partial charge in [-0.25, -0.2) is 9.97 Å². The maximum Gasteiger partial charge on any atom is 0.264 e. The van der Waals surface area contributed by atoms with Gasteiger partial charge in [-0.15, -0.1) is 0 Å². The molecule has 1 aromatic heterocycles. The number of rotatable bonds is 2. The molecule has 2 rings (SSSR count). The van der Waals surface area contributed by atoms with Crippen molar-refractivity contribution in [3.8, 4) is 11.5 Å². The van der Waals surface area contributed by atoms with Crippen molar-refractivity contribution in [3.05, 3.63) is 39.2 Å². The zero-order chi connectivity index (χ0) is 14.0. The Hall–Kier alpha value is -1.67. The van der Waals surface area contributed by atoms with Crippen LogP contribution in [-0.4, -0.2) is 26.1 Å². The Bertz CT molecular complexity index is 629. The van der Waals surface area contributed by atoms with Gasteiger partial charge in [-0.2, -0.15) is 0 Å². The highest BCUT2D eigenvalue weighted by Crippen LogP contribution is 2.28. The van der Waals surface area contributed by atoms with E-state index in [9.17, 15) is 15.0 Å². The van der Waals surface area contributed by atoms with E-state index in [2.05, 4.69) is 47.1 Å². The molecule has 0 aliphatic heterocycles. The number of aromatic nitrogens is 2. The van der Waals surface area contributed by atoms with Gasteiger partial charge in [0.05, 0.1) is 6.20 Å². The number of hydrogen-bond acceptors (Lipinski definition) is 5. The lowest BCUT2D eigenvalue weighted by Crippen LogP contribution is -2.14. The second kappa shape index (κ2) is 5.54. The topological polar surface area (TPSA) is 95.3 Å². The van der Waals surface area contributed by atoms with Gasteiger partial charge in [-0.05, 0) is 44.0 Å². The second-order valence-electron chi connectivity index (χ2n) is 3.46. The highest BCUT2D eigenvalue weighted by Gasteiger charge is 2.18. The van der Waals surface area contributed by atoms with Crippen molar-refractivity contribution < 1.29 is 15.0 Å². The fourth-order valence-corrected chi connectivity index (χ4v) is 2.27. The van der Waals surface area contributed by atoms with Crippen LogP contribution >= 0.6 is 31.9 Å². The number of halogens is 2. The number of nitrogens with one attached hydrogen (secondary N) is 1. The minimum atomic E-state index is -0.687. The van der Waals surface area contributed by atoms with Crippen LogP contribution in [0.25, 0.3) is 0 Å². The van der Waals surface area contributed by atoms with Crippen molar-refractivity contribution in [1.29, 1.82) is 0 Å². The fraction of sp³-hybridized carbons (Fsp3) is 0. The Labute approximate surface area is 124 Å². The predicted molar refractivity (Wildman–Crippen MR) is 75.2 cm³/mol. The van der Waals surface area contributed by atoms with Gasteiger partial charge in [-0.1, -0.05) is 6.07 Å². The first kappa shape index (κ1) is 13.8. The molecular weight excluding hydrogens is 382 g/mol. The standard InChI is InChI=1S/C11H7Br2N3O3/c12-7-4-14-10(9(13)15-7)16-11(19)8-5(17)2-1-3-6(8)18/h1-4,17-18H,(H,14,16,19). The number of amides is 1. The highest BCUT2D eigenvalue weighted by molar-refractivity contribution is 9.11. The Balaban J connectivity index is 2.31. The molecule has 6 nitrogen and oxygen atoms in total. The number of nitrogens with zero attached hydrogens (tertiary/aromatic N) is 2. The highest BCUT2D eigenvalue weighted by atomic mass is 79.9. The molecule has 0 fully saturated rings. The van der Waals surface area contributed by atoms with Gasteiger partial charge in [0.2, 0.25) is 0 Å². The third-order valence-electron chi connectivity index (χ3n) is 2.18. The Morgan fingerprint density at radius 1 is 1.21 bits per heavy atom. The zero-order valence-corrected chi connectivity index (χ0v) is 12.4. The summed E-state index contributed by atoms with van der Waals surface area (Å²) in [4.78, 5) is 19.9. The van der Waals surface area contributed by atoms with Crippen LogP contribution in [-0.2, 0) is 0 Å². The number of carbonyl (C=O) groups is 1. The average Bonchev–Trinajstić information content (AvgIpc) is 2.32. The molecular formula is C11H7Br2N3O3. The summed E-state index contributed by atoms with van der Waals surface area (Å²) in [6.07, 6.45) is 1.41. The van der Waals surface area contributed by atoms with Crippen LogP contribution in [0, 0.1) is 0 Å². The first-order valence-corrected chi connectivity index (χ1v) is 6.58. The fourth-order valence-electron chi connectivity index (χ4n) is 1.36. The first-order valence-electron chi connectivity index (χ1n) is 4.99. The Morgan fingerprint density at radius 3 is 2.42 bits per heavy atom. The van der Waals surface area contributed by atoms with Crippen molar-refractivity contribution in [1.82, 2.24) is 9.97 Å². The summed E-state index contributed by atoms with van der Waals surface area (Å²) in [5, 5.41) is 21.6. The van der Waals surface area contributed by atoms with Crippen molar-refractivity contribution in [2.45, 2.75) is 0 Å². The van der Waals surface area contributed by atoms with Gasteiger partial charge in [0.1, 0.15) is 26.3 Å². The largest absolute Gasteiger partial charge is 0.507 e. The van der Waals surface area contributed by atoms with Gasteiger partial charge in [0.15, 0.2) is 5.82 Å². The minimum Gasteiger partial charge on any atom is -0.507 e. The molecule has 1 amide bonds. The maximum atomic E-state index is 12.0. The average molecular weight is 389 g/mol. The van der Waals surface area contributed by atoms with Gasteiger partial charge >= 0.3 is 0 Å². The van der Waals surface area contributed by atoms with Gasteiger partial charge in [0, 0.05) is 0 Å². The molecule has 2 aromatic rings. The molecule has 0 aliphatic rings. The van der Waals surface area contributed by atoms with E-state index in [4.69, 9.17) is 0 Å². The van der Waals surface area contributed by atoms with Crippen molar-refractivity contribution >= 4 is 43.6 Å². The van der Waals surface area contributed by atoms with Crippen molar-refractivity contribution in [3.63, 3.8) is 0 Å². The summed E-state index contributed by atoms with van der Waals surface area (Å²) in [6, 6.07) is 4.03. The molecule has 0 saturated heterocycles. The third-order valence-corrected chi connectivity index (χ3v) is 3.11. The molecule has 0 bridgehead atoms. The first-order chi connectivity index (χ1) is 8.99. The van der Waals surface area contributed by atoms with Crippen LogP contribution in [0.4, 0.5) is 5.82 Å². The summed E-state index contributed by atoms with van der Waals surface area (Å²) < 4.78 is 0.827. The van der Waals surface area contributed by atoms with Gasteiger partial charge < -0.3 is 15.5 Å². The molecule has 0 aliphatic carbocycles. The molecule has 98 valence electrons. The van der Waals surface area contributed by atoms with E-state index < -0.39 is 5.91 Å². The number of phenolic OH excluding ortho intramolecular Hbond substituents is 2. The molecule has 0 spiro atoms. The Kier molecular flexibility index (Phi) is 4.01. The normalized spacial score (nSPS) is 10.2. The summed E-state index contributed by atoms with van der Waals surface area (Å²) in [6.45, 7) is 0. The lowest BCUT2D eigenvalue weighted by atomic mass is 10.1. The molecule has 0 radical (unpaired) electrons. The summed E-state index contributed by atoms with van der Waals surface area (Å²) in [7, 11) is 0. The third kappa shape index (κ3) is 3.02. The van der Waals surface area contributed by atoms with Crippen LogP contribution in [0.1, 0.15) is 10.4 Å². The number of aromatic hydroxyl groups is 2. The summed E-state index contributed by atoms with van der Waals surface area (Å²) in [5.74, 6) is -1.15. The number of phenols is 2. The maximum absolute atomic E-state index is 12.0. The van der Waals surface area contributed by atoms with Crippen LogP contribution in [0.3, 0.4) is 0 Å². The number of carbonyl (C=O) groups excluding carboxylic acids is 1. The molecule has 1 heterocycles. The van der Waals surface area contributed by atoms with E-state index >= 15 is 0 Å². The van der Waals surface area contributed by atoms with Crippen LogP contribution in [0.2, 0.25) is 0 Å². The molecule has 0 unspecified atom stereocenters. The second-order valence-corrected chi connectivity index (χ2v) is 5.02. The summed E-state index contributed by atoms with van der Waals surface area (Å²) in [5.41, 5.74) is -0.223. The number of hydrogen-bond donors (Lipinski definition) is 3. The number of anilines is 1. The Morgan fingerprint density at radius 2 is 1.84 bits per heavy atom. The molecule has 0 atom stereocenters. The van der Waals surface area contributed by atoms with Gasteiger partial charge in [-0.3, -0.25) is 4.79 Å². The van der Waals surface area contributed by atoms with Crippen molar-refractivity contribution in [2.24, 2.45) is 0 Å². The quantitative estimate of drug-likeness (QED) is 0.735. The molecule has 19 heavy (non-hydrogen) atoms. The van der Waals surface area contributed by atoms with E-state index in [0.717, 1.165) is 0 Å². The molecule has 8 heteroatoms. The zero-order valence-electron chi connectivity index (χ0n) is 9.26. The van der Waals surface area contributed by atoms with E-state index in [1.165, 1.54) is 24.4 Å². The summed E-state index contributed by atoms with van der Waals surface area (Å²) >= 11 is 6.28. The monoisotopic (exact) mass is 387 g/mol.